The number of hydrogen-bond acceptors (Lipinski definition) is 6. The molecule has 0 aromatic rings. The van der Waals surface area contributed by atoms with Crippen molar-refractivity contribution in [2.24, 2.45) is 11.8 Å². The molecule has 0 heterocycles. The molecule has 5 atom stereocenters. The highest BCUT2D eigenvalue weighted by Gasteiger charge is 2.60. The minimum absolute atomic E-state index is 0.0411. The number of ether oxygens (including phenoxy) is 2. The van der Waals surface area contributed by atoms with Gasteiger partial charge in [-0.1, -0.05) is 53.5 Å². The second-order valence-electron chi connectivity index (χ2n) is 11.4. The number of carbonyl (C=O) groups is 3. The summed E-state index contributed by atoms with van der Waals surface area (Å²) in [7, 11) is -2.19. The van der Waals surface area contributed by atoms with Crippen molar-refractivity contribution in [1.29, 1.82) is 0 Å². The molecule has 0 saturated heterocycles. The van der Waals surface area contributed by atoms with Gasteiger partial charge in [-0.15, -0.1) is 0 Å². The number of esters is 2. The molecule has 1 rings (SSSR count). The van der Waals surface area contributed by atoms with Gasteiger partial charge < -0.3 is 19.0 Å². The molecule has 0 radical (unpaired) electrons. The van der Waals surface area contributed by atoms with E-state index in [9.17, 15) is 19.5 Å². The first kappa shape index (κ1) is 31.4. The van der Waals surface area contributed by atoms with Gasteiger partial charge in [0.15, 0.2) is 8.32 Å². The molecule has 0 aromatic carbocycles. The minimum atomic E-state index is -2.19. The largest absolute Gasteiger partial charge is 0.481 e. The second-order valence-corrected chi connectivity index (χ2v) is 16.1. The summed E-state index contributed by atoms with van der Waals surface area (Å²) >= 11 is 0. The van der Waals surface area contributed by atoms with Crippen LogP contribution in [-0.4, -0.2) is 49.1 Å². The van der Waals surface area contributed by atoms with Gasteiger partial charge in [0, 0.05) is 32.3 Å². The molecular weight excluding hydrogens is 464 g/mol. The third-order valence-electron chi connectivity index (χ3n) is 7.59. The average molecular weight is 513 g/mol. The van der Waals surface area contributed by atoms with E-state index in [2.05, 4.69) is 40.8 Å². The first-order valence-corrected chi connectivity index (χ1v) is 16.0. The molecule has 7 nitrogen and oxygen atoms in total. The van der Waals surface area contributed by atoms with Crippen molar-refractivity contribution >= 4 is 26.2 Å². The van der Waals surface area contributed by atoms with E-state index in [0.29, 0.717) is 6.42 Å². The highest BCUT2D eigenvalue weighted by molar-refractivity contribution is 6.74. The molecule has 0 bridgehead atoms. The van der Waals surface area contributed by atoms with Gasteiger partial charge >= 0.3 is 17.9 Å². The molecule has 8 heteroatoms. The number of carboxylic acids is 1. The fourth-order valence-electron chi connectivity index (χ4n) is 4.94. The second kappa shape index (κ2) is 13.0. The van der Waals surface area contributed by atoms with Gasteiger partial charge in [-0.05, 0) is 49.9 Å². The molecule has 1 saturated carbocycles. The maximum atomic E-state index is 12.4. The van der Waals surface area contributed by atoms with E-state index in [1.807, 2.05) is 12.2 Å². The lowest BCUT2D eigenvalue weighted by Gasteiger charge is -2.41. The first-order valence-electron chi connectivity index (χ1n) is 13.0. The summed E-state index contributed by atoms with van der Waals surface area (Å²) in [5.41, 5.74) is -1.34. The Morgan fingerprint density at radius 2 is 1.74 bits per heavy atom. The zero-order chi connectivity index (χ0) is 27.0. The summed E-state index contributed by atoms with van der Waals surface area (Å²) in [5.74, 6) is -3.51. The number of aliphatic carboxylic acids is 1. The standard InChI is InChI=1S/C27H48O7Si/c1-10-12-13-14-15-16-24(32-19(3)28)23-17-21(34-35(8,9)26(5,6)7)18-27(23,33-20(4)29)22(11-2)25(30)31/h15-16,21-24H,10-14,17-18H2,1-9H3,(H,30,31)/t21-,22-,23?,24?,27+/m1/s1. The molecule has 1 N–H and O–H groups in total. The normalized spacial score (nSPS) is 24.8. The van der Waals surface area contributed by atoms with Gasteiger partial charge in [-0.3, -0.25) is 14.4 Å². The molecule has 0 aliphatic heterocycles. The number of carboxylic acid groups (broad SMARTS) is 1. The Hall–Kier alpha value is -1.67. The van der Waals surface area contributed by atoms with Gasteiger partial charge in [0.2, 0.25) is 0 Å². The van der Waals surface area contributed by atoms with Crippen LogP contribution in [0.4, 0.5) is 0 Å². The fraction of sp³-hybridized carbons (Fsp3) is 0.815. The number of rotatable bonds is 13. The van der Waals surface area contributed by atoms with Crippen molar-refractivity contribution in [3.05, 3.63) is 12.2 Å². The molecule has 0 aromatic heterocycles. The van der Waals surface area contributed by atoms with Gasteiger partial charge in [0.05, 0.1) is 5.92 Å². The van der Waals surface area contributed by atoms with Crippen molar-refractivity contribution in [2.75, 3.05) is 0 Å². The molecule has 35 heavy (non-hydrogen) atoms. The third-order valence-corrected chi connectivity index (χ3v) is 12.1. The highest BCUT2D eigenvalue weighted by Crippen LogP contribution is 2.51. The Kier molecular flexibility index (Phi) is 11.7. The van der Waals surface area contributed by atoms with Crippen LogP contribution in [0.15, 0.2) is 12.2 Å². The fourth-order valence-corrected chi connectivity index (χ4v) is 6.31. The predicted molar refractivity (Wildman–Crippen MR) is 140 cm³/mol. The molecule has 2 unspecified atom stereocenters. The van der Waals surface area contributed by atoms with Crippen molar-refractivity contribution in [3.8, 4) is 0 Å². The van der Waals surface area contributed by atoms with Crippen LogP contribution in [0.1, 0.15) is 93.4 Å². The molecule has 202 valence electrons. The van der Waals surface area contributed by atoms with Crippen LogP contribution >= 0.6 is 0 Å². The molecule has 0 amide bonds. The minimum Gasteiger partial charge on any atom is -0.481 e. The van der Waals surface area contributed by atoms with Crippen molar-refractivity contribution in [3.63, 3.8) is 0 Å². The third kappa shape index (κ3) is 8.45. The monoisotopic (exact) mass is 512 g/mol. The van der Waals surface area contributed by atoms with Gasteiger partial charge in [0.1, 0.15) is 11.7 Å². The number of hydrogen-bond donors (Lipinski definition) is 1. The summed E-state index contributed by atoms with van der Waals surface area (Å²) in [4.78, 5) is 36.9. The van der Waals surface area contributed by atoms with E-state index in [4.69, 9.17) is 13.9 Å². The van der Waals surface area contributed by atoms with E-state index in [0.717, 1.165) is 25.7 Å². The zero-order valence-electron chi connectivity index (χ0n) is 23.3. The smallest absolute Gasteiger partial charge is 0.310 e. The quantitative estimate of drug-likeness (QED) is 0.134. The number of carbonyl (C=O) groups excluding carboxylic acids is 2. The van der Waals surface area contributed by atoms with Crippen molar-refractivity contribution in [1.82, 2.24) is 0 Å². The molecule has 0 spiro atoms. The SMILES string of the molecule is CCCCCC=CC(OC(C)=O)C1C[C@@H](O[Si](C)(C)C(C)(C)C)C[C@]1(OC(C)=O)[C@H](CC)C(=O)O. The lowest BCUT2D eigenvalue weighted by atomic mass is 9.74. The Labute approximate surface area is 213 Å². The molecule has 1 aliphatic rings. The molecular formula is C27H48O7Si. The lowest BCUT2D eigenvalue weighted by molar-refractivity contribution is -0.185. The number of unbranched alkanes of at least 4 members (excludes halogenated alkanes) is 3. The van der Waals surface area contributed by atoms with Crippen LogP contribution in [0.5, 0.6) is 0 Å². The summed E-state index contributed by atoms with van der Waals surface area (Å²) < 4.78 is 18.4. The maximum Gasteiger partial charge on any atom is 0.310 e. The summed E-state index contributed by atoms with van der Waals surface area (Å²) in [6.45, 7) is 17.3. The maximum absolute atomic E-state index is 12.4. The van der Waals surface area contributed by atoms with Gasteiger partial charge in [-0.2, -0.15) is 0 Å². The highest BCUT2D eigenvalue weighted by atomic mass is 28.4. The van der Waals surface area contributed by atoms with E-state index in [1.165, 1.54) is 13.8 Å². The Morgan fingerprint density at radius 1 is 1.11 bits per heavy atom. The number of allylic oxidation sites excluding steroid dienone is 1. The van der Waals surface area contributed by atoms with Crippen LogP contribution in [0.3, 0.4) is 0 Å². The van der Waals surface area contributed by atoms with Crippen molar-refractivity contribution < 1.29 is 33.4 Å². The zero-order valence-corrected chi connectivity index (χ0v) is 24.3. The van der Waals surface area contributed by atoms with E-state index < -0.39 is 49.8 Å². The Morgan fingerprint density at radius 3 is 2.20 bits per heavy atom. The summed E-state index contributed by atoms with van der Waals surface area (Å²) in [5, 5.41) is 10.1. The molecule has 1 aliphatic carbocycles. The van der Waals surface area contributed by atoms with E-state index >= 15 is 0 Å². The average Bonchev–Trinajstić information content (AvgIpc) is 3.02. The predicted octanol–water partition coefficient (Wildman–Crippen LogP) is 6.27. The van der Waals surface area contributed by atoms with Crippen LogP contribution in [0, 0.1) is 11.8 Å². The Balaban J connectivity index is 3.55. The summed E-state index contributed by atoms with van der Waals surface area (Å²) in [6.07, 6.45) is 7.85. The summed E-state index contributed by atoms with van der Waals surface area (Å²) in [6, 6.07) is 0. The molecule has 1 fully saturated rings. The van der Waals surface area contributed by atoms with Crippen LogP contribution in [0.2, 0.25) is 18.1 Å². The van der Waals surface area contributed by atoms with Crippen LogP contribution < -0.4 is 0 Å². The lowest BCUT2D eigenvalue weighted by Crippen LogP contribution is -2.52. The van der Waals surface area contributed by atoms with E-state index in [1.54, 1.807) is 6.92 Å². The van der Waals surface area contributed by atoms with Gasteiger partial charge in [-0.25, -0.2) is 0 Å². The van der Waals surface area contributed by atoms with Crippen LogP contribution in [0.25, 0.3) is 0 Å². The van der Waals surface area contributed by atoms with E-state index in [-0.39, 0.29) is 24.0 Å². The van der Waals surface area contributed by atoms with Crippen LogP contribution in [-0.2, 0) is 28.3 Å². The van der Waals surface area contributed by atoms with Crippen molar-refractivity contribution in [2.45, 2.75) is 129 Å². The Bertz CT molecular complexity index is 755. The van der Waals surface area contributed by atoms with Gasteiger partial charge in [0.25, 0.3) is 0 Å². The topological polar surface area (TPSA) is 99.1 Å². The first-order chi connectivity index (χ1) is 16.1.